The van der Waals surface area contributed by atoms with Gasteiger partial charge in [0.2, 0.25) is 0 Å². The predicted molar refractivity (Wildman–Crippen MR) is 108 cm³/mol. The van der Waals surface area contributed by atoms with Crippen LogP contribution in [0.5, 0.6) is 5.75 Å². The van der Waals surface area contributed by atoms with Crippen molar-refractivity contribution in [2.75, 3.05) is 19.0 Å². The van der Waals surface area contributed by atoms with Gasteiger partial charge in [0, 0.05) is 15.7 Å². The Balaban J connectivity index is 2.08. The second-order valence-electron chi connectivity index (χ2n) is 6.41. The molecule has 2 aromatic rings. The van der Waals surface area contributed by atoms with E-state index in [4.69, 9.17) is 14.2 Å². The molecule has 1 heterocycles. The molecule has 1 amide bonds. The third-order valence-electron chi connectivity index (χ3n) is 4.63. The van der Waals surface area contributed by atoms with Crippen LogP contribution in [0.4, 0.5) is 5.69 Å². The van der Waals surface area contributed by atoms with E-state index in [1.165, 1.54) is 0 Å². The number of halogens is 1. The monoisotopic (exact) mass is 447 g/mol. The van der Waals surface area contributed by atoms with Crippen molar-refractivity contribution in [2.45, 2.75) is 32.5 Å². The SMILES string of the molecule is CCOC(=O)C[C@H]1O[C@H](c2cccc(OC)c2C)c2cc(Br)ccc2NC1=O. The third kappa shape index (κ3) is 4.20. The lowest BCUT2D eigenvalue weighted by Crippen LogP contribution is -2.32. The number of hydrogen-bond acceptors (Lipinski definition) is 5. The van der Waals surface area contributed by atoms with Gasteiger partial charge in [-0.1, -0.05) is 28.1 Å². The molecular weight excluding hydrogens is 426 g/mol. The van der Waals surface area contributed by atoms with Crippen LogP contribution in [-0.2, 0) is 19.1 Å². The molecule has 1 aliphatic rings. The molecule has 28 heavy (non-hydrogen) atoms. The lowest BCUT2D eigenvalue weighted by molar-refractivity contribution is -0.150. The number of methoxy groups -OCH3 is 1. The molecule has 0 radical (unpaired) electrons. The van der Waals surface area contributed by atoms with E-state index in [9.17, 15) is 9.59 Å². The molecule has 0 aromatic heterocycles. The fraction of sp³-hybridized carbons (Fsp3) is 0.333. The topological polar surface area (TPSA) is 73.9 Å². The summed E-state index contributed by atoms with van der Waals surface area (Å²) in [7, 11) is 1.61. The number of anilines is 1. The number of esters is 1. The van der Waals surface area contributed by atoms with E-state index in [1.807, 2.05) is 43.3 Å². The maximum absolute atomic E-state index is 12.7. The minimum atomic E-state index is -0.971. The number of amides is 1. The molecule has 0 aliphatic carbocycles. The van der Waals surface area contributed by atoms with Gasteiger partial charge in [-0.25, -0.2) is 0 Å². The summed E-state index contributed by atoms with van der Waals surface area (Å²) < 4.78 is 17.5. The molecule has 148 valence electrons. The van der Waals surface area contributed by atoms with Gasteiger partial charge in [0.05, 0.1) is 20.1 Å². The van der Waals surface area contributed by atoms with Crippen molar-refractivity contribution in [1.29, 1.82) is 0 Å². The molecule has 0 unspecified atom stereocenters. The van der Waals surface area contributed by atoms with Crippen LogP contribution in [-0.4, -0.2) is 31.7 Å². The van der Waals surface area contributed by atoms with Gasteiger partial charge in [0.1, 0.15) is 18.0 Å². The highest BCUT2D eigenvalue weighted by Crippen LogP contribution is 2.40. The van der Waals surface area contributed by atoms with Gasteiger partial charge in [-0.15, -0.1) is 0 Å². The third-order valence-corrected chi connectivity index (χ3v) is 5.13. The van der Waals surface area contributed by atoms with Crippen molar-refractivity contribution in [3.05, 3.63) is 57.6 Å². The minimum absolute atomic E-state index is 0.158. The Morgan fingerprint density at radius 1 is 1.25 bits per heavy atom. The predicted octanol–water partition coefficient (Wildman–Crippen LogP) is 4.15. The Labute approximate surface area is 172 Å². The molecule has 7 heteroatoms. The van der Waals surface area contributed by atoms with Gasteiger partial charge in [-0.3, -0.25) is 9.59 Å². The molecule has 2 aromatic carbocycles. The van der Waals surface area contributed by atoms with Crippen molar-refractivity contribution < 1.29 is 23.8 Å². The summed E-state index contributed by atoms with van der Waals surface area (Å²) in [4.78, 5) is 24.7. The van der Waals surface area contributed by atoms with Crippen molar-refractivity contribution >= 4 is 33.5 Å². The second kappa shape index (κ2) is 8.75. The summed E-state index contributed by atoms with van der Waals surface area (Å²) in [5.74, 6) is -0.126. The first-order valence-corrected chi connectivity index (χ1v) is 9.78. The Morgan fingerprint density at radius 3 is 2.75 bits per heavy atom. The van der Waals surface area contributed by atoms with Gasteiger partial charge < -0.3 is 19.5 Å². The molecule has 0 fully saturated rings. The number of carbonyl (C=O) groups is 2. The first kappa shape index (κ1) is 20.4. The second-order valence-corrected chi connectivity index (χ2v) is 7.32. The van der Waals surface area contributed by atoms with E-state index < -0.39 is 18.2 Å². The Morgan fingerprint density at radius 2 is 2.04 bits per heavy atom. The fourth-order valence-electron chi connectivity index (χ4n) is 3.27. The van der Waals surface area contributed by atoms with Crippen LogP contribution in [0.2, 0.25) is 0 Å². The van der Waals surface area contributed by atoms with Crippen LogP contribution in [0, 0.1) is 6.92 Å². The van der Waals surface area contributed by atoms with Gasteiger partial charge in [-0.2, -0.15) is 0 Å². The summed E-state index contributed by atoms with van der Waals surface area (Å²) in [6.07, 6.45) is -1.68. The molecule has 0 bridgehead atoms. The van der Waals surface area contributed by atoms with E-state index in [-0.39, 0.29) is 18.9 Å². The van der Waals surface area contributed by atoms with E-state index in [0.717, 1.165) is 26.9 Å². The highest BCUT2D eigenvalue weighted by Gasteiger charge is 2.34. The average molecular weight is 448 g/mol. The van der Waals surface area contributed by atoms with E-state index in [0.29, 0.717) is 5.69 Å². The largest absolute Gasteiger partial charge is 0.496 e. The lowest BCUT2D eigenvalue weighted by atomic mass is 9.95. The van der Waals surface area contributed by atoms with Gasteiger partial charge in [-0.05, 0) is 49.2 Å². The number of ether oxygens (including phenoxy) is 3. The number of benzene rings is 2. The first-order chi connectivity index (χ1) is 13.4. The summed E-state index contributed by atoms with van der Waals surface area (Å²) in [6, 6.07) is 11.3. The fourth-order valence-corrected chi connectivity index (χ4v) is 3.65. The maximum atomic E-state index is 12.7. The zero-order valence-corrected chi connectivity index (χ0v) is 17.5. The average Bonchev–Trinajstić information content (AvgIpc) is 2.79. The Bertz CT molecular complexity index is 898. The van der Waals surface area contributed by atoms with Crippen LogP contribution in [0.3, 0.4) is 0 Å². The number of rotatable bonds is 5. The lowest BCUT2D eigenvalue weighted by Gasteiger charge is -2.23. The smallest absolute Gasteiger partial charge is 0.308 e. The normalized spacial score (nSPS) is 18.6. The molecule has 0 spiro atoms. The van der Waals surface area contributed by atoms with Crippen LogP contribution >= 0.6 is 15.9 Å². The molecule has 0 saturated carbocycles. The van der Waals surface area contributed by atoms with E-state index in [1.54, 1.807) is 14.0 Å². The molecule has 1 aliphatic heterocycles. The van der Waals surface area contributed by atoms with Crippen LogP contribution in [0.15, 0.2) is 40.9 Å². The summed E-state index contributed by atoms with van der Waals surface area (Å²) in [6.45, 7) is 3.91. The zero-order chi connectivity index (χ0) is 20.3. The highest BCUT2D eigenvalue weighted by molar-refractivity contribution is 9.10. The van der Waals surface area contributed by atoms with Crippen LogP contribution in [0.25, 0.3) is 0 Å². The number of nitrogens with one attached hydrogen (secondary N) is 1. The van der Waals surface area contributed by atoms with Crippen LogP contribution < -0.4 is 10.1 Å². The summed E-state index contributed by atoms with van der Waals surface area (Å²) in [5.41, 5.74) is 3.21. The minimum Gasteiger partial charge on any atom is -0.496 e. The number of fused-ring (bicyclic) bond motifs is 1. The van der Waals surface area contributed by atoms with Crippen molar-refractivity contribution in [2.24, 2.45) is 0 Å². The van der Waals surface area contributed by atoms with Crippen molar-refractivity contribution in [1.82, 2.24) is 0 Å². The van der Waals surface area contributed by atoms with Gasteiger partial charge in [0.25, 0.3) is 5.91 Å². The molecule has 3 rings (SSSR count). The summed E-state index contributed by atoms with van der Waals surface area (Å²) >= 11 is 3.49. The molecule has 0 saturated heterocycles. The Kier molecular flexibility index (Phi) is 6.36. The maximum Gasteiger partial charge on any atom is 0.308 e. The standard InChI is InChI=1S/C21H22BrNO5/c1-4-27-19(24)11-18-21(25)23-16-9-8-13(22)10-15(16)20(28-18)14-6-5-7-17(26-3)12(14)2/h5-10,18,20H,4,11H2,1-3H3,(H,23,25)/t18-,20-/m1/s1. The van der Waals surface area contributed by atoms with Crippen LogP contribution in [0.1, 0.15) is 36.1 Å². The number of hydrogen-bond donors (Lipinski definition) is 1. The zero-order valence-electron chi connectivity index (χ0n) is 16.0. The van der Waals surface area contributed by atoms with Crippen molar-refractivity contribution in [3.8, 4) is 5.75 Å². The van der Waals surface area contributed by atoms with Gasteiger partial charge in [0.15, 0.2) is 0 Å². The summed E-state index contributed by atoms with van der Waals surface area (Å²) in [5, 5.41) is 2.87. The van der Waals surface area contributed by atoms with E-state index >= 15 is 0 Å². The molecular formula is C21H22BrNO5. The van der Waals surface area contributed by atoms with Gasteiger partial charge >= 0.3 is 5.97 Å². The molecule has 6 nitrogen and oxygen atoms in total. The van der Waals surface area contributed by atoms with Crippen molar-refractivity contribution in [3.63, 3.8) is 0 Å². The molecule has 2 atom stereocenters. The molecule has 1 N–H and O–H groups in total. The Hall–Kier alpha value is -2.38. The highest BCUT2D eigenvalue weighted by atomic mass is 79.9. The van der Waals surface area contributed by atoms with E-state index in [2.05, 4.69) is 21.2 Å². The first-order valence-electron chi connectivity index (χ1n) is 8.99. The number of carbonyl (C=O) groups excluding carboxylic acids is 2. The quantitative estimate of drug-likeness (QED) is 0.696.